The van der Waals surface area contributed by atoms with E-state index in [2.05, 4.69) is 32.6 Å². The van der Waals surface area contributed by atoms with E-state index in [-0.39, 0.29) is 6.10 Å². The first kappa shape index (κ1) is 16.9. The van der Waals surface area contributed by atoms with E-state index in [0.29, 0.717) is 6.61 Å². The van der Waals surface area contributed by atoms with Crippen molar-refractivity contribution >= 4 is 8.07 Å². The Morgan fingerprint density at radius 3 is 2.47 bits per heavy atom. The molecular formula is C15H30O3Si. The molecule has 1 rings (SSSR count). The van der Waals surface area contributed by atoms with Gasteiger partial charge < -0.3 is 14.6 Å². The lowest BCUT2D eigenvalue weighted by Crippen LogP contribution is -2.40. The Kier molecular flexibility index (Phi) is 5.80. The van der Waals surface area contributed by atoms with Crippen LogP contribution in [0, 0.1) is 0 Å². The molecule has 0 radical (unpaired) electrons. The minimum Gasteiger partial charge on any atom is -0.386 e. The highest BCUT2D eigenvalue weighted by Gasteiger charge is 2.40. The summed E-state index contributed by atoms with van der Waals surface area (Å²) < 4.78 is 11.4. The topological polar surface area (TPSA) is 38.7 Å². The maximum Gasteiger partial charge on any atom is 0.163 e. The maximum atomic E-state index is 10.6. The third-order valence-corrected chi connectivity index (χ3v) is 5.72. The van der Waals surface area contributed by atoms with E-state index < -0.39 is 20.0 Å². The fourth-order valence-corrected chi connectivity index (χ4v) is 4.23. The van der Waals surface area contributed by atoms with Gasteiger partial charge >= 0.3 is 0 Å². The van der Waals surface area contributed by atoms with E-state index in [4.69, 9.17) is 9.47 Å². The van der Waals surface area contributed by atoms with Gasteiger partial charge in [0.05, 0.1) is 14.7 Å². The third kappa shape index (κ3) is 5.03. The van der Waals surface area contributed by atoms with Crippen LogP contribution in [0.4, 0.5) is 0 Å². The smallest absolute Gasteiger partial charge is 0.163 e. The normalized spacial score (nSPS) is 25.6. The van der Waals surface area contributed by atoms with Crippen molar-refractivity contribution in [1.29, 1.82) is 0 Å². The Morgan fingerprint density at radius 2 is 2.05 bits per heavy atom. The van der Waals surface area contributed by atoms with Crippen molar-refractivity contribution in [3.63, 3.8) is 0 Å². The standard InChI is InChI=1S/C15H30O3Si/c1-7-8-9-10-13(19(4,5)6)14(16)12-11-17-15(2,3)18-12/h10,12,14,16H,7-9,11H2,1-6H3/b13-10+/t12-,14-/m1/s1. The second-order valence-corrected chi connectivity index (χ2v) is 11.9. The number of hydrogen-bond donors (Lipinski definition) is 1. The quantitative estimate of drug-likeness (QED) is 0.600. The Hall–Kier alpha value is -0.163. The number of aliphatic hydroxyl groups excluding tert-OH is 1. The highest BCUT2D eigenvalue weighted by Crippen LogP contribution is 2.30. The largest absolute Gasteiger partial charge is 0.386 e. The summed E-state index contributed by atoms with van der Waals surface area (Å²) in [5.41, 5.74) is 0. The monoisotopic (exact) mass is 286 g/mol. The molecule has 1 saturated heterocycles. The number of ether oxygens (including phenoxy) is 2. The predicted octanol–water partition coefficient (Wildman–Crippen LogP) is 3.49. The van der Waals surface area contributed by atoms with Gasteiger partial charge in [0.2, 0.25) is 0 Å². The van der Waals surface area contributed by atoms with Gasteiger partial charge in [0.25, 0.3) is 0 Å². The fraction of sp³-hybridized carbons (Fsp3) is 0.867. The molecule has 0 unspecified atom stereocenters. The molecule has 1 heterocycles. The van der Waals surface area contributed by atoms with Crippen molar-refractivity contribution < 1.29 is 14.6 Å². The molecule has 2 atom stereocenters. The average molecular weight is 286 g/mol. The Morgan fingerprint density at radius 1 is 1.42 bits per heavy atom. The average Bonchev–Trinajstić information content (AvgIpc) is 2.63. The Balaban J connectivity index is 2.78. The van der Waals surface area contributed by atoms with Crippen LogP contribution in [0.25, 0.3) is 0 Å². The van der Waals surface area contributed by atoms with Gasteiger partial charge in [-0.1, -0.05) is 50.7 Å². The molecule has 0 aromatic carbocycles. The first-order chi connectivity index (χ1) is 8.67. The minimum absolute atomic E-state index is 0.227. The summed E-state index contributed by atoms with van der Waals surface area (Å²) in [6.45, 7) is 13.3. The van der Waals surface area contributed by atoms with Crippen LogP contribution < -0.4 is 0 Å². The van der Waals surface area contributed by atoms with Crippen LogP contribution in [0.3, 0.4) is 0 Å². The number of rotatable bonds is 6. The zero-order chi connectivity index (χ0) is 14.7. The third-order valence-electron chi connectivity index (χ3n) is 3.49. The molecule has 0 aliphatic carbocycles. The van der Waals surface area contributed by atoms with Gasteiger partial charge in [-0.3, -0.25) is 0 Å². The number of allylic oxidation sites excluding steroid dienone is 1. The van der Waals surface area contributed by atoms with Crippen molar-refractivity contribution in [3.8, 4) is 0 Å². The summed E-state index contributed by atoms with van der Waals surface area (Å²) in [5, 5.41) is 11.8. The van der Waals surface area contributed by atoms with Gasteiger partial charge in [-0.25, -0.2) is 0 Å². The molecular weight excluding hydrogens is 256 g/mol. The molecule has 0 saturated carbocycles. The van der Waals surface area contributed by atoms with Gasteiger partial charge in [0.15, 0.2) is 5.79 Å². The molecule has 4 heteroatoms. The van der Waals surface area contributed by atoms with E-state index >= 15 is 0 Å². The van der Waals surface area contributed by atoms with Crippen LogP contribution in [0.15, 0.2) is 11.3 Å². The van der Waals surface area contributed by atoms with E-state index in [0.717, 1.165) is 6.42 Å². The highest BCUT2D eigenvalue weighted by molar-refractivity contribution is 6.83. The summed E-state index contributed by atoms with van der Waals surface area (Å²) in [7, 11) is -1.54. The van der Waals surface area contributed by atoms with Crippen molar-refractivity contribution in [2.75, 3.05) is 6.61 Å². The molecule has 1 fully saturated rings. The SMILES string of the molecule is CCCC/C=C(\[C@H](O)[C@H]1COC(C)(C)O1)[Si](C)(C)C. The van der Waals surface area contributed by atoms with Crippen LogP contribution in [0.2, 0.25) is 19.6 Å². The fourth-order valence-electron chi connectivity index (χ4n) is 2.40. The Labute approximate surface area is 119 Å². The first-order valence-electron chi connectivity index (χ1n) is 7.38. The first-order valence-corrected chi connectivity index (χ1v) is 10.9. The van der Waals surface area contributed by atoms with Crippen molar-refractivity contribution in [1.82, 2.24) is 0 Å². The minimum atomic E-state index is -1.54. The molecule has 1 aliphatic heterocycles. The van der Waals surface area contributed by atoms with E-state index in [1.165, 1.54) is 18.0 Å². The molecule has 112 valence electrons. The summed E-state index contributed by atoms with van der Waals surface area (Å²) in [6, 6.07) is 0. The van der Waals surface area contributed by atoms with E-state index in [1.807, 2.05) is 13.8 Å². The van der Waals surface area contributed by atoms with Crippen LogP contribution in [0.5, 0.6) is 0 Å². The Bertz CT molecular complexity index is 318. The van der Waals surface area contributed by atoms with Crippen LogP contribution in [-0.4, -0.2) is 37.8 Å². The van der Waals surface area contributed by atoms with Gasteiger partial charge in [-0.2, -0.15) is 0 Å². The van der Waals surface area contributed by atoms with Crippen LogP contribution in [-0.2, 0) is 9.47 Å². The molecule has 0 aromatic heterocycles. The summed E-state index contributed by atoms with van der Waals surface area (Å²) in [6.07, 6.45) is 4.90. The zero-order valence-corrected chi connectivity index (χ0v) is 14.3. The van der Waals surface area contributed by atoms with Gasteiger partial charge in [-0.15, -0.1) is 0 Å². The molecule has 1 aliphatic rings. The molecule has 1 N–H and O–H groups in total. The van der Waals surface area contributed by atoms with E-state index in [1.54, 1.807) is 0 Å². The van der Waals surface area contributed by atoms with Crippen LogP contribution >= 0.6 is 0 Å². The zero-order valence-electron chi connectivity index (χ0n) is 13.3. The molecule has 0 amide bonds. The maximum absolute atomic E-state index is 10.6. The molecule has 19 heavy (non-hydrogen) atoms. The van der Waals surface area contributed by atoms with Gasteiger partial charge in [0, 0.05) is 0 Å². The van der Waals surface area contributed by atoms with Crippen LogP contribution in [0.1, 0.15) is 40.0 Å². The molecule has 3 nitrogen and oxygen atoms in total. The molecule has 0 aromatic rings. The van der Waals surface area contributed by atoms with Crippen molar-refractivity contribution in [2.45, 2.75) is 77.7 Å². The lowest BCUT2D eigenvalue weighted by molar-refractivity contribution is -0.147. The molecule has 0 bridgehead atoms. The summed E-state index contributed by atoms with van der Waals surface area (Å²) >= 11 is 0. The lowest BCUT2D eigenvalue weighted by Gasteiger charge is -2.29. The lowest BCUT2D eigenvalue weighted by atomic mass is 10.1. The highest BCUT2D eigenvalue weighted by atomic mass is 28.3. The number of unbranched alkanes of at least 4 members (excludes halogenated alkanes) is 2. The number of hydrogen-bond acceptors (Lipinski definition) is 3. The van der Waals surface area contributed by atoms with Gasteiger partial charge in [0.1, 0.15) is 12.2 Å². The number of aliphatic hydroxyl groups is 1. The summed E-state index contributed by atoms with van der Waals surface area (Å²) in [4.78, 5) is 0. The second kappa shape index (κ2) is 6.53. The van der Waals surface area contributed by atoms with E-state index in [9.17, 15) is 5.11 Å². The van der Waals surface area contributed by atoms with Gasteiger partial charge in [-0.05, 0) is 20.3 Å². The van der Waals surface area contributed by atoms with Crippen molar-refractivity contribution in [2.24, 2.45) is 0 Å². The second-order valence-electron chi connectivity index (χ2n) is 6.86. The predicted molar refractivity (Wildman–Crippen MR) is 81.9 cm³/mol. The molecule has 0 spiro atoms. The summed E-state index contributed by atoms with van der Waals surface area (Å²) in [5.74, 6) is -0.570. The van der Waals surface area contributed by atoms with Crippen molar-refractivity contribution in [3.05, 3.63) is 11.3 Å².